The standard InChI is InChI=1S/C23H22N4O4/c1-13(21(29)25-17-7-5-6-15(10-17)14(2)28)27-22(30)20(26-23(27)31)11-16-12-24-19-9-4-3-8-18(16)19/h3-10,12-13,20,24H,11H2,1-2H3,(H,25,29)(H,26,31)/t13-,20+/m0/s1. The summed E-state index contributed by atoms with van der Waals surface area (Å²) in [5, 5.41) is 6.33. The summed E-state index contributed by atoms with van der Waals surface area (Å²) >= 11 is 0. The van der Waals surface area contributed by atoms with Crippen LogP contribution in [0.4, 0.5) is 10.5 Å². The number of hydrogen-bond donors (Lipinski definition) is 3. The van der Waals surface area contributed by atoms with Crippen molar-refractivity contribution in [3.05, 3.63) is 65.9 Å². The molecule has 1 aliphatic heterocycles. The number of rotatable bonds is 6. The van der Waals surface area contributed by atoms with Crippen molar-refractivity contribution in [2.45, 2.75) is 32.4 Å². The molecular formula is C23H22N4O4. The molecule has 4 rings (SSSR count). The summed E-state index contributed by atoms with van der Waals surface area (Å²) in [7, 11) is 0. The molecule has 3 N–H and O–H groups in total. The quantitative estimate of drug-likeness (QED) is 0.422. The number of amides is 4. The van der Waals surface area contributed by atoms with Crippen LogP contribution in [0, 0.1) is 0 Å². The van der Waals surface area contributed by atoms with Crippen LogP contribution in [0.15, 0.2) is 54.7 Å². The topological polar surface area (TPSA) is 111 Å². The normalized spacial score (nSPS) is 17.0. The summed E-state index contributed by atoms with van der Waals surface area (Å²) in [5.74, 6) is -1.09. The summed E-state index contributed by atoms with van der Waals surface area (Å²) in [6.45, 7) is 2.93. The molecule has 3 aromatic rings. The minimum atomic E-state index is -1.01. The highest BCUT2D eigenvalue weighted by molar-refractivity contribution is 6.09. The number of H-pyrrole nitrogens is 1. The molecule has 1 aliphatic rings. The number of imide groups is 1. The second kappa shape index (κ2) is 8.06. The molecule has 1 saturated heterocycles. The van der Waals surface area contributed by atoms with Gasteiger partial charge in [-0.3, -0.25) is 19.3 Å². The number of nitrogens with one attached hydrogen (secondary N) is 3. The van der Waals surface area contributed by atoms with Crippen molar-refractivity contribution in [2.75, 3.05) is 5.32 Å². The van der Waals surface area contributed by atoms with Crippen molar-refractivity contribution in [3.63, 3.8) is 0 Å². The van der Waals surface area contributed by atoms with E-state index >= 15 is 0 Å². The molecular weight excluding hydrogens is 396 g/mol. The maximum Gasteiger partial charge on any atom is 0.325 e. The molecule has 8 nitrogen and oxygen atoms in total. The summed E-state index contributed by atoms with van der Waals surface area (Å²) in [6.07, 6.45) is 2.14. The van der Waals surface area contributed by atoms with Gasteiger partial charge >= 0.3 is 6.03 Å². The molecule has 158 valence electrons. The average Bonchev–Trinajstić information content (AvgIpc) is 3.28. The van der Waals surface area contributed by atoms with Gasteiger partial charge in [-0.1, -0.05) is 30.3 Å². The lowest BCUT2D eigenvalue weighted by Gasteiger charge is -2.21. The van der Waals surface area contributed by atoms with Crippen LogP contribution in [0.2, 0.25) is 0 Å². The van der Waals surface area contributed by atoms with E-state index in [2.05, 4.69) is 15.6 Å². The van der Waals surface area contributed by atoms with E-state index in [0.29, 0.717) is 17.7 Å². The second-order valence-corrected chi connectivity index (χ2v) is 7.58. The van der Waals surface area contributed by atoms with E-state index in [9.17, 15) is 19.2 Å². The third-order valence-corrected chi connectivity index (χ3v) is 5.45. The summed E-state index contributed by atoms with van der Waals surface area (Å²) in [4.78, 5) is 53.8. The Hall–Kier alpha value is -3.94. The molecule has 31 heavy (non-hydrogen) atoms. The van der Waals surface area contributed by atoms with Crippen molar-refractivity contribution < 1.29 is 19.2 Å². The predicted octanol–water partition coefficient (Wildman–Crippen LogP) is 2.86. The van der Waals surface area contributed by atoms with Gasteiger partial charge in [-0.25, -0.2) is 4.79 Å². The van der Waals surface area contributed by atoms with Gasteiger partial charge in [0.1, 0.15) is 12.1 Å². The van der Waals surface area contributed by atoms with Gasteiger partial charge in [-0.05, 0) is 37.6 Å². The SMILES string of the molecule is CC(=O)c1cccc(NC(=O)[C@H](C)N2C(=O)N[C@H](Cc3c[nH]c4ccccc34)C2=O)c1. The number of hydrogen-bond acceptors (Lipinski definition) is 4. The van der Waals surface area contributed by atoms with E-state index in [1.54, 1.807) is 24.3 Å². The van der Waals surface area contributed by atoms with Gasteiger partial charge in [-0.2, -0.15) is 0 Å². The number of fused-ring (bicyclic) bond motifs is 1. The van der Waals surface area contributed by atoms with Crippen molar-refractivity contribution in [2.24, 2.45) is 0 Å². The second-order valence-electron chi connectivity index (χ2n) is 7.58. The Balaban J connectivity index is 1.47. The Labute approximate surface area is 178 Å². The third kappa shape index (κ3) is 3.92. The fourth-order valence-corrected chi connectivity index (χ4v) is 3.75. The number of ketones is 1. The number of carbonyl (C=O) groups excluding carboxylic acids is 4. The Morgan fingerprint density at radius 3 is 2.68 bits per heavy atom. The van der Waals surface area contributed by atoms with Crippen LogP contribution in [0.1, 0.15) is 29.8 Å². The van der Waals surface area contributed by atoms with Gasteiger partial charge in [0.15, 0.2) is 5.78 Å². The molecule has 0 saturated carbocycles. The van der Waals surface area contributed by atoms with Crippen molar-refractivity contribution >= 4 is 40.2 Å². The Morgan fingerprint density at radius 1 is 1.13 bits per heavy atom. The van der Waals surface area contributed by atoms with Gasteiger partial charge in [0.2, 0.25) is 5.91 Å². The first-order chi connectivity index (χ1) is 14.8. The monoisotopic (exact) mass is 418 g/mol. The minimum absolute atomic E-state index is 0.127. The third-order valence-electron chi connectivity index (χ3n) is 5.45. The zero-order chi connectivity index (χ0) is 22.1. The zero-order valence-corrected chi connectivity index (χ0v) is 17.1. The Bertz CT molecular complexity index is 1200. The van der Waals surface area contributed by atoms with Gasteiger partial charge in [0.05, 0.1) is 0 Å². The highest BCUT2D eigenvalue weighted by atomic mass is 16.2. The molecule has 0 unspecified atom stereocenters. The lowest BCUT2D eigenvalue weighted by Crippen LogP contribution is -2.46. The molecule has 0 spiro atoms. The average molecular weight is 418 g/mol. The maximum atomic E-state index is 12.9. The van der Waals surface area contributed by atoms with Crippen LogP contribution in [-0.4, -0.2) is 45.6 Å². The Kier molecular flexibility index (Phi) is 5.29. The van der Waals surface area contributed by atoms with E-state index in [1.165, 1.54) is 13.8 Å². The molecule has 4 amide bonds. The van der Waals surface area contributed by atoms with Crippen LogP contribution in [-0.2, 0) is 16.0 Å². The first kappa shape index (κ1) is 20.3. The summed E-state index contributed by atoms with van der Waals surface area (Å²) < 4.78 is 0. The van der Waals surface area contributed by atoms with Crippen LogP contribution < -0.4 is 10.6 Å². The number of Topliss-reactive ketones (excluding diaryl/α,β-unsaturated/α-hetero) is 1. The van der Waals surface area contributed by atoms with Crippen LogP contribution in [0.3, 0.4) is 0 Å². The zero-order valence-electron chi connectivity index (χ0n) is 17.1. The molecule has 2 aromatic carbocycles. The smallest absolute Gasteiger partial charge is 0.325 e. The van der Waals surface area contributed by atoms with Gasteiger partial charge < -0.3 is 15.6 Å². The maximum absolute atomic E-state index is 12.9. The molecule has 0 bridgehead atoms. The van der Waals surface area contributed by atoms with E-state index < -0.39 is 29.9 Å². The van der Waals surface area contributed by atoms with Crippen LogP contribution in [0.25, 0.3) is 10.9 Å². The van der Waals surface area contributed by atoms with E-state index in [0.717, 1.165) is 21.4 Å². The fourth-order valence-electron chi connectivity index (χ4n) is 3.75. The largest absolute Gasteiger partial charge is 0.361 e. The van der Waals surface area contributed by atoms with Crippen LogP contribution in [0.5, 0.6) is 0 Å². The van der Waals surface area contributed by atoms with Crippen LogP contribution >= 0.6 is 0 Å². The summed E-state index contributed by atoms with van der Waals surface area (Å²) in [5.41, 5.74) is 2.74. The van der Waals surface area contributed by atoms with E-state index in [-0.39, 0.29) is 5.78 Å². The summed E-state index contributed by atoms with van der Waals surface area (Å²) in [6, 6.07) is 11.9. The van der Waals surface area contributed by atoms with Crippen molar-refractivity contribution in [3.8, 4) is 0 Å². The first-order valence-corrected chi connectivity index (χ1v) is 9.95. The molecule has 0 aliphatic carbocycles. The van der Waals surface area contributed by atoms with Gasteiger partial charge in [-0.15, -0.1) is 0 Å². The molecule has 1 aromatic heterocycles. The van der Waals surface area contributed by atoms with Crippen molar-refractivity contribution in [1.29, 1.82) is 0 Å². The first-order valence-electron chi connectivity index (χ1n) is 9.95. The van der Waals surface area contributed by atoms with E-state index in [4.69, 9.17) is 0 Å². The molecule has 1 fully saturated rings. The molecule has 2 heterocycles. The predicted molar refractivity (Wildman–Crippen MR) is 116 cm³/mol. The highest BCUT2D eigenvalue weighted by Gasteiger charge is 2.43. The Morgan fingerprint density at radius 2 is 1.90 bits per heavy atom. The lowest BCUT2D eigenvalue weighted by molar-refractivity contribution is -0.133. The van der Waals surface area contributed by atoms with Crippen molar-refractivity contribution in [1.82, 2.24) is 15.2 Å². The number of carbonyl (C=O) groups is 4. The number of aromatic nitrogens is 1. The number of urea groups is 1. The highest BCUT2D eigenvalue weighted by Crippen LogP contribution is 2.22. The number of aromatic amines is 1. The molecule has 2 atom stereocenters. The minimum Gasteiger partial charge on any atom is -0.361 e. The number of benzene rings is 2. The number of para-hydroxylation sites is 1. The fraction of sp³-hybridized carbons (Fsp3) is 0.217. The van der Waals surface area contributed by atoms with Gasteiger partial charge in [0, 0.05) is 34.8 Å². The van der Waals surface area contributed by atoms with Gasteiger partial charge in [0.25, 0.3) is 5.91 Å². The molecule has 0 radical (unpaired) electrons. The number of nitrogens with zero attached hydrogens (tertiary/aromatic N) is 1. The van der Waals surface area contributed by atoms with E-state index in [1.807, 2.05) is 30.5 Å². The lowest BCUT2D eigenvalue weighted by atomic mass is 10.0. The molecule has 8 heteroatoms. The number of anilines is 1.